The number of ketones is 1. The number of carbonyl (C=O) groups excluding carboxylic acids is 1. The van der Waals surface area contributed by atoms with Crippen molar-refractivity contribution in [2.24, 2.45) is 0 Å². The largest absolute Gasteiger partial charge is 0.359 e. The topological polar surface area (TPSA) is 67.0 Å². The van der Waals surface area contributed by atoms with E-state index in [0.29, 0.717) is 18.5 Å². The van der Waals surface area contributed by atoms with Crippen molar-refractivity contribution in [3.05, 3.63) is 24.0 Å². The standard InChI is InChI=1S/C10H13NO3S/c12-10(8-4-3-6-11-8)9-5-1-2-7-15(9,13)14/h3-4,6,9,11H,1-2,5,7H2. The zero-order chi connectivity index (χ0) is 10.9. The van der Waals surface area contributed by atoms with E-state index in [4.69, 9.17) is 0 Å². The second-order valence-corrected chi connectivity index (χ2v) is 6.10. The number of hydrogen-bond acceptors (Lipinski definition) is 3. The Morgan fingerprint density at radius 2 is 2.20 bits per heavy atom. The number of carbonyl (C=O) groups is 1. The van der Waals surface area contributed by atoms with Gasteiger partial charge in [0.2, 0.25) is 0 Å². The normalized spacial score (nSPS) is 24.9. The zero-order valence-corrected chi connectivity index (χ0v) is 9.09. The van der Waals surface area contributed by atoms with E-state index in [1.807, 2.05) is 0 Å². The number of hydrogen-bond donors (Lipinski definition) is 1. The van der Waals surface area contributed by atoms with E-state index in [1.165, 1.54) is 0 Å². The Bertz CT molecular complexity index is 447. The number of H-pyrrole nitrogens is 1. The predicted molar refractivity (Wildman–Crippen MR) is 56.5 cm³/mol. The summed E-state index contributed by atoms with van der Waals surface area (Å²) in [7, 11) is -3.22. The summed E-state index contributed by atoms with van der Waals surface area (Å²) in [5.41, 5.74) is 0.394. The lowest BCUT2D eigenvalue weighted by Crippen LogP contribution is -2.35. The molecule has 0 saturated carbocycles. The molecule has 2 heterocycles. The average molecular weight is 227 g/mol. The van der Waals surface area contributed by atoms with E-state index in [-0.39, 0.29) is 11.5 Å². The molecule has 2 rings (SSSR count). The predicted octanol–water partition coefficient (Wildman–Crippen LogP) is 1.16. The summed E-state index contributed by atoms with van der Waals surface area (Å²) in [5, 5.41) is -0.829. The summed E-state index contributed by atoms with van der Waals surface area (Å²) in [4.78, 5) is 14.6. The minimum absolute atomic E-state index is 0.143. The van der Waals surface area contributed by atoms with Gasteiger partial charge in [-0.25, -0.2) is 8.42 Å². The number of rotatable bonds is 2. The summed E-state index contributed by atoms with van der Waals surface area (Å²) >= 11 is 0. The van der Waals surface area contributed by atoms with Gasteiger partial charge in [-0.3, -0.25) is 4.79 Å². The van der Waals surface area contributed by atoms with Gasteiger partial charge in [-0.15, -0.1) is 0 Å². The van der Waals surface area contributed by atoms with E-state index in [0.717, 1.165) is 6.42 Å². The van der Waals surface area contributed by atoms with Gasteiger partial charge in [-0.2, -0.15) is 0 Å². The maximum absolute atomic E-state index is 11.9. The molecule has 0 aliphatic carbocycles. The molecule has 1 atom stereocenters. The minimum Gasteiger partial charge on any atom is -0.359 e. The quantitative estimate of drug-likeness (QED) is 0.771. The molecule has 1 N–H and O–H groups in total. The molecule has 4 nitrogen and oxygen atoms in total. The van der Waals surface area contributed by atoms with Crippen LogP contribution in [0.15, 0.2) is 18.3 Å². The SMILES string of the molecule is O=C(c1ccc[nH]1)C1CCCCS1(=O)=O. The highest BCUT2D eigenvalue weighted by Crippen LogP contribution is 2.22. The van der Waals surface area contributed by atoms with Crippen molar-refractivity contribution in [1.29, 1.82) is 0 Å². The molecular formula is C10H13NO3S. The van der Waals surface area contributed by atoms with E-state index in [1.54, 1.807) is 18.3 Å². The molecule has 1 unspecified atom stereocenters. The number of sulfone groups is 1. The van der Waals surface area contributed by atoms with Gasteiger partial charge in [0, 0.05) is 6.20 Å². The molecule has 0 spiro atoms. The Kier molecular flexibility index (Phi) is 2.65. The molecule has 15 heavy (non-hydrogen) atoms. The van der Waals surface area contributed by atoms with Crippen LogP contribution in [0.2, 0.25) is 0 Å². The Balaban J connectivity index is 2.27. The van der Waals surface area contributed by atoms with Crippen LogP contribution in [0.1, 0.15) is 29.8 Å². The molecule has 1 fully saturated rings. The average Bonchev–Trinajstić information content (AvgIpc) is 2.69. The van der Waals surface area contributed by atoms with Crippen molar-refractivity contribution < 1.29 is 13.2 Å². The third-order valence-electron chi connectivity index (χ3n) is 2.73. The third-order valence-corrected chi connectivity index (χ3v) is 4.91. The molecule has 82 valence electrons. The first-order valence-electron chi connectivity index (χ1n) is 5.00. The van der Waals surface area contributed by atoms with Crippen LogP contribution in [0.4, 0.5) is 0 Å². The number of aromatic nitrogens is 1. The Hall–Kier alpha value is -1.10. The number of aromatic amines is 1. The maximum Gasteiger partial charge on any atom is 0.197 e. The van der Waals surface area contributed by atoms with Crippen molar-refractivity contribution in [2.75, 3.05) is 5.75 Å². The van der Waals surface area contributed by atoms with Gasteiger partial charge in [0.25, 0.3) is 0 Å². The highest BCUT2D eigenvalue weighted by Gasteiger charge is 2.35. The summed E-state index contributed by atoms with van der Waals surface area (Å²) in [6, 6.07) is 3.31. The first kappa shape index (κ1) is 10.4. The first-order valence-corrected chi connectivity index (χ1v) is 6.72. The van der Waals surface area contributed by atoms with E-state index >= 15 is 0 Å². The highest BCUT2D eigenvalue weighted by molar-refractivity contribution is 7.92. The van der Waals surface area contributed by atoms with Gasteiger partial charge in [-0.1, -0.05) is 6.42 Å². The minimum atomic E-state index is -3.22. The van der Waals surface area contributed by atoms with Crippen LogP contribution in [0.3, 0.4) is 0 Å². The van der Waals surface area contributed by atoms with Crippen LogP contribution in [-0.2, 0) is 9.84 Å². The van der Waals surface area contributed by atoms with Gasteiger partial charge in [0.05, 0.1) is 11.4 Å². The van der Waals surface area contributed by atoms with Crippen LogP contribution >= 0.6 is 0 Å². The zero-order valence-electron chi connectivity index (χ0n) is 8.27. The molecule has 1 aromatic heterocycles. The van der Waals surface area contributed by atoms with Gasteiger partial charge >= 0.3 is 0 Å². The molecule has 0 aromatic carbocycles. The summed E-state index contributed by atoms with van der Waals surface area (Å²) in [6.07, 6.45) is 3.58. The number of nitrogens with one attached hydrogen (secondary N) is 1. The molecule has 5 heteroatoms. The second kappa shape index (κ2) is 3.81. The number of Topliss-reactive ketones (excluding diaryl/α,β-unsaturated/α-hetero) is 1. The highest BCUT2D eigenvalue weighted by atomic mass is 32.2. The summed E-state index contributed by atoms with van der Waals surface area (Å²) in [6.45, 7) is 0. The van der Waals surface area contributed by atoms with Crippen LogP contribution in [0.5, 0.6) is 0 Å². The lowest BCUT2D eigenvalue weighted by atomic mass is 10.1. The Morgan fingerprint density at radius 3 is 2.80 bits per heavy atom. The molecule has 1 saturated heterocycles. The van der Waals surface area contributed by atoms with Crippen LogP contribution in [0.25, 0.3) is 0 Å². The van der Waals surface area contributed by atoms with Crippen molar-refractivity contribution in [2.45, 2.75) is 24.5 Å². The van der Waals surface area contributed by atoms with E-state index < -0.39 is 15.1 Å². The molecule has 1 aliphatic rings. The fourth-order valence-electron chi connectivity index (χ4n) is 1.91. The summed E-state index contributed by atoms with van der Waals surface area (Å²) < 4.78 is 23.4. The molecule has 0 radical (unpaired) electrons. The lowest BCUT2D eigenvalue weighted by Gasteiger charge is -2.20. The van der Waals surface area contributed by atoms with Crippen molar-refractivity contribution >= 4 is 15.6 Å². The molecule has 0 amide bonds. The monoisotopic (exact) mass is 227 g/mol. The molecule has 0 bridgehead atoms. The van der Waals surface area contributed by atoms with Crippen LogP contribution in [-0.4, -0.2) is 30.2 Å². The molecule has 1 aliphatic heterocycles. The van der Waals surface area contributed by atoms with Crippen molar-refractivity contribution in [3.63, 3.8) is 0 Å². The van der Waals surface area contributed by atoms with Crippen molar-refractivity contribution in [1.82, 2.24) is 4.98 Å². The first-order chi connectivity index (χ1) is 7.11. The summed E-state index contributed by atoms with van der Waals surface area (Å²) in [5.74, 6) is -0.149. The van der Waals surface area contributed by atoms with Crippen LogP contribution in [0, 0.1) is 0 Å². The van der Waals surface area contributed by atoms with Gasteiger partial charge in [0.15, 0.2) is 15.6 Å². The van der Waals surface area contributed by atoms with Gasteiger partial charge in [0.1, 0.15) is 5.25 Å². The molecular weight excluding hydrogens is 214 g/mol. The van der Waals surface area contributed by atoms with Crippen molar-refractivity contribution in [3.8, 4) is 0 Å². The third kappa shape index (κ3) is 1.97. The Labute approximate surface area is 88.6 Å². The van der Waals surface area contributed by atoms with E-state index in [9.17, 15) is 13.2 Å². The fraction of sp³-hybridized carbons (Fsp3) is 0.500. The Morgan fingerprint density at radius 1 is 1.40 bits per heavy atom. The van der Waals surface area contributed by atoms with Gasteiger partial charge < -0.3 is 4.98 Å². The smallest absolute Gasteiger partial charge is 0.197 e. The molecule has 1 aromatic rings. The van der Waals surface area contributed by atoms with Crippen LogP contribution < -0.4 is 0 Å². The second-order valence-electron chi connectivity index (χ2n) is 3.80. The van der Waals surface area contributed by atoms with Gasteiger partial charge in [-0.05, 0) is 25.0 Å². The maximum atomic E-state index is 11.9. The van der Waals surface area contributed by atoms with E-state index in [2.05, 4.69) is 4.98 Å². The lowest BCUT2D eigenvalue weighted by molar-refractivity contribution is 0.0977. The fourth-order valence-corrected chi connectivity index (χ4v) is 3.78.